The fraction of sp³-hybridized carbons (Fsp3) is 0.410. The standard InChI is InChI=1S/C39H42O15/c1-23(40)47-22-31-33(49-25(3)42)29(48-24(2)41)19-32(50-31)52-34-30(21-46-20-26-13-7-4-8-14-26)51-39(45)36(54-38(44)28-17-11-6-12-18-28)35(34)53-37(43)27-15-9-5-10-16-27/h4-18,29-36,39,45H,19-22H2,1-3H3/t29-,30?,31?,32+,33+,34-,35?,36?,39+/m1/s1. The molecule has 2 saturated heterocycles. The Bertz CT molecular complexity index is 1700. The third-order valence-electron chi connectivity index (χ3n) is 8.37. The molecule has 5 rings (SSSR count). The summed E-state index contributed by atoms with van der Waals surface area (Å²) in [6.45, 7) is 2.99. The predicted octanol–water partition coefficient (Wildman–Crippen LogP) is 3.30. The summed E-state index contributed by atoms with van der Waals surface area (Å²) in [5, 5.41) is 11.4. The van der Waals surface area contributed by atoms with Gasteiger partial charge in [0.25, 0.3) is 0 Å². The molecular formula is C39H42O15. The minimum atomic E-state index is -1.83. The molecule has 3 aromatic rings. The number of carbonyl (C=O) groups is 5. The summed E-state index contributed by atoms with van der Waals surface area (Å²) in [6, 6.07) is 25.2. The van der Waals surface area contributed by atoms with Crippen LogP contribution in [0.3, 0.4) is 0 Å². The molecule has 0 saturated carbocycles. The van der Waals surface area contributed by atoms with Gasteiger partial charge in [-0.05, 0) is 29.8 Å². The molecule has 3 aromatic carbocycles. The van der Waals surface area contributed by atoms with Gasteiger partial charge in [0, 0.05) is 27.2 Å². The second-order valence-corrected chi connectivity index (χ2v) is 12.5. The molecule has 0 bridgehead atoms. The molecule has 0 spiro atoms. The number of ether oxygens (including phenoxy) is 9. The summed E-state index contributed by atoms with van der Waals surface area (Å²) in [7, 11) is 0. The molecule has 2 aliphatic rings. The van der Waals surface area contributed by atoms with E-state index in [4.69, 9.17) is 42.6 Å². The van der Waals surface area contributed by atoms with Crippen molar-refractivity contribution >= 4 is 29.8 Å². The van der Waals surface area contributed by atoms with Gasteiger partial charge in [-0.2, -0.15) is 0 Å². The zero-order chi connectivity index (χ0) is 38.6. The topological polar surface area (TPSA) is 189 Å². The zero-order valence-electron chi connectivity index (χ0n) is 29.8. The van der Waals surface area contributed by atoms with E-state index in [-0.39, 0.29) is 30.8 Å². The van der Waals surface area contributed by atoms with Crippen LogP contribution in [-0.4, -0.2) is 103 Å². The van der Waals surface area contributed by atoms with Gasteiger partial charge >= 0.3 is 29.8 Å². The van der Waals surface area contributed by atoms with E-state index in [0.29, 0.717) is 0 Å². The Morgan fingerprint density at radius 3 is 1.70 bits per heavy atom. The molecule has 54 heavy (non-hydrogen) atoms. The van der Waals surface area contributed by atoms with Gasteiger partial charge in [-0.3, -0.25) is 14.4 Å². The molecule has 2 aliphatic heterocycles. The first-order chi connectivity index (χ1) is 26.0. The molecule has 2 fully saturated rings. The highest BCUT2D eigenvalue weighted by molar-refractivity contribution is 5.90. The molecule has 2 heterocycles. The summed E-state index contributed by atoms with van der Waals surface area (Å²) in [4.78, 5) is 63.1. The number of rotatable bonds is 14. The predicted molar refractivity (Wildman–Crippen MR) is 184 cm³/mol. The Morgan fingerprint density at radius 2 is 1.15 bits per heavy atom. The fourth-order valence-electron chi connectivity index (χ4n) is 6.01. The van der Waals surface area contributed by atoms with Crippen LogP contribution in [0.4, 0.5) is 0 Å². The van der Waals surface area contributed by atoms with Gasteiger partial charge in [-0.1, -0.05) is 66.7 Å². The molecule has 0 aromatic heterocycles. The van der Waals surface area contributed by atoms with Crippen molar-refractivity contribution in [2.75, 3.05) is 13.2 Å². The van der Waals surface area contributed by atoms with Gasteiger partial charge in [0.2, 0.25) is 0 Å². The SMILES string of the molecule is CC(=O)OCC1O[C@@H](O[C@@H]2C(COCc3ccccc3)O[C@H](O)C(OC(=O)c3ccccc3)C2OC(=O)c2ccccc2)C[C@@H](OC(C)=O)[C@@H]1OC(C)=O. The maximum atomic E-state index is 13.6. The summed E-state index contributed by atoms with van der Waals surface area (Å²) in [6.07, 6.45) is -12.7. The van der Waals surface area contributed by atoms with Crippen LogP contribution < -0.4 is 0 Å². The van der Waals surface area contributed by atoms with E-state index in [9.17, 15) is 29.1 Å². The molecule has 4 unspecified atom stereocenters. The quantitative estimate of drug-likeness (QED) is 0.187. The molecule has 15 nitrogen and oxygen atoms in total. The van der Waals surface area contributed by atoms with Crippen molar-refractivity contribution in [3.63, 3.8) is 0 Å². The van der Waals surface area contributed by atoms with Crippen LogP contribution in [0.5, 0.6) is 0 Å². The molecule has 0 radical (unpaired) electrons. The number of hydrogen-bond acceptors (Lipinski definition) is 15. The van der Waals surface area contributed by atoms with E-state index < -0.39 is 91.8 Å². The first-order valence-electron chi connectivity index (χ1n) is 17.2. The van der Waals surface area contributed by atoms with E-state index in [1.165, 1.54) is 38.1 Å². The smallest absolute Gasteiger partial charge is 0.338 e. The first-order valence-corrected chi connectivity index (χ1v) is 17.2. The molecule has 288 valence electrons. The molecule has 0 amide bonds. The Hall–Kier alpha value is -5.19. The van der Waals surface area contributed by atoms with Crippen LogP contribution >= 0.6 is 0 Å². The van der Waals surface area contributed by atoms with Crippen molar-refractivity contribution in [1.29, 1.82) is 0 Å². The normalized spacial score (nSPS) is 26.5. The van der Waals surface area contributed by atoms with Crippen LogP contribution in [0, 0.1) is 0 Å². The average molecular weight is 751 g/mol. The molecule has 9 atom stereocenters. The van der Waals surface area contributed by atoms with Gasteiger partial charge in [-0.15, -0.1) is 0 Å². The number of aliphatic hydroxyl groups excluding tert-OH is 1. The number of benzene rings is 3. The summed E-state index contributed by atoms with van der Waals surface area (Å²) >= 11 is 0. The van der Waals surface area contributed by atoms with Crippen LogP contribution in [-0.2, 0) is 63.6 Å². The summed E-state index contributed by atoms with van der Waals surface area (Å²) in [5.74, 6) is -3.76. The lowest BCUT2D eigenvalue weighted by molar-refractivity contribution is -0.336. The fourth-order valence-corrected chi connectivity index (χ4v) is 6.01. The van der Waals surface area contributed by atoms with Gasteiger partial charge < -0.3 is 47.7 Å². The van der Waals surface area contributed by atoms with E-state index in [1.54, 1.807) is 36.4 Å². The lowest BCUT2D eigenvalue weighted by Crippen LogP contribution is -2.64. The van der Waals surface area contributed by atoms with Crippen molar-refractivity contribution in [3.05, 3.63) is 108 Å². The van der Waals surface area contributed by atoms with Crippen molar-refractivity contribution in [2.24, 2.45) is 0 Å². The molecule has 15 heteroatoms. The van der Waals surface area contributed by atoms with Gasteiger partial charge in [0.1, 0.15) is 31.0 Å². The lowest BCUT2D eigenvalue weighted by atomic mass is 9.97. The zero-order valence-corrected chi connectivity index (χ0v) is 29.8. The number of carbonyl (C=O) groups excluding carboxylic acids is 5. The highest BCUT2D eigenvalue weighted by Crippen LogP contribution is 2.34. The van der Waals surface area contributed by atoms with Crippen molar-refractivity contribution in [3.8, 4) is 0 Å². The van der Waals surface area contributed by atoms with Crippen LogP contribution in [0.1, 0.15) is 53.5 Å². The maximum Gasteiger partial charge on any atom is 0.338 e. The Balaban J connectivity index is 1.50. The van der Waals surface area contributed by atoms with Gasteiger partial charge in [0.05, 0.1) is 24.3 Å². The van der Waals surface area contributed by atoms with E-state index in [1.807, 2.05) is 30.3 Å². The number of aliphatic hydroxyl groups is 1. The largest absolute Gasteiger partial charge is 0.463 e. The van der Waals surface area contributed by atoms with Crippen LogP contribution in [0.15, 0.2) is 91.0 Å². The van der Waals surface area contributed by atoms with Crippen LogP contribution in [0.25, 0.3) is 0 Å². The molecule has 0 aliphatic carbocycles. The van der Waals surface area contributed by atoms with E-state index >= 15 is 0 Å². The first kappa shape index (κ1) is 40.0. The van der Waals surface area contributed by atoms with Crippen molar-refractivity contribution in [2.45, 2.75) is 89.1 Å². The molecular weight excluding hydrogens is 708 g/mol. The Labute approximate surface area is 311 Å². The Kier molecular flexibility index (Phi) is 14.2. The van der Waals surface area contributed by atoms with Crippen molar-refractivity contribution in [1.82, 2.24) is 0 Å². The summed E-state index contributed by atoms with van der Waals surface area (Å²) in [5.41, 5.74) is 1.13. The number of hydrogen-bond donors (Lipinski definition) is 1. The van der Waals surface area contributed by atoms with E-state index in [2.05, 4.69) is 0 Å². The van der Waals surface area contributed by atoms with E-state index in [0.717, 1.165) is 12.5 Å². The monoisotopic (exact) mass is 750 g/mol. The minimum absolute atomic E-state index is 0.132. The highest BCUT2D eigenvalue weighted by atomic mass is 16.7. The third-order valence-corrected chi connectivity index (χ3v) is 8.37. The van der Waals surface area contributed by atoms with Gasteiger partial charge in [0.15, 0.2) is 30.9 Å². The average Bonchev–Trinajstić information content (AvgIpc) is 3.15. The third kappa shape index (κ3) is 11.2. The van der Waals surface area contributed by atoms with Crippen LogP contribution in [0.2, 0.25) is 0 Å². The maximum absolute atomic E-state index is 13.6. The van der Waals surface area contributed by atoms with Crippen molar-refractivity contribution < 1.29 is 71.7 Å². The second kappa shape index (κ2) is 19.2. The lowest BCUT2D eigenvalue weighted by Gasteiger charge is -2.46. The minimum Gasteiger partial charge on any atom is -0.463 e. The highest BCUT2D eigenvalue weighted by Gasteiger charge is 2.53. The second-order valence-electron chi connectivity index (χ2n) is 12.5. The van der Waals surface area contributed by atoms with Gasteiger partial charge in [-0.25, -0.2) is 9.59 Å². The Morgan fingerprint density at radius 1 is 0.611 bits per heavy atom. The number of esters is 5. The summed E-state index contributed by atoms with van der Waals surface area (Å²) < 4.78 is 52.5. The molecule has 1 N–H and O–H groups in total.